The maximum Gasteiger partial charge on any atom is 0.317 e. The zero-order chi connectivity index (χ0) is 26.4. The van der Waals surface area contributed by atoms with Crippen LogP contribution in [0.3, 0.4) is 0 Å². The van der Waals surface area contributed by atoms with Gasteiger partial charge in [-0.05, 0) is 48.7 Å². The van der Waals surface area contributed by atoms with Crippen molar-refractivity contribution >= 4 is 11.8 Å². The molecule has 7 heteroatoms. The van der Waals surface area contributed by atoms with Gasteiger partial charge in [0.2, 0.25) is 0 Å². The molecule has 1 aliphatic rings. The summed E-state index contributed by atoms with van der Waals surface area (Å²) in [5.74, 6) is -0.956. The number of phenolic OH excluding ortho intramolecular Hbond substituents is 1. The first-order chi connectivity index (χ1) is 17.8. The number of benzene rings is 3. The molecule has 1 fully saturated rings. The maximum absolute atomic E-state index is 12.8. The van der Waals surface area contributed by atoms with Gasteiger partial charge in [-0.15, -0.1) is 0 Å². The van der Waals surface area contributed by atoms with Crippen molar-refractivity contribution in [1.29, 1.82) is 0 Å². The van der Waals surface area contributed by atoms with Gasteiger partial charge in [0.1, 0.15) is 5.75 Å². The molecule has 1 saturated heterocycles. The number of phenols is 1. The van der Waals surface area contributed by atoms with Gasteiger partial charge in [0, 0.05) is 37.3 Å². The number of hydrogen-bond donors (Lipinski definition) is 3. The normalized spacial score (nSPS) is 19.4. The molecule has 0 spiro atoms. The lowest BCUT2D eigenvalue weighted by atomic mass is 9.91. The Labute approximate surface area is 218 Å². The molecule has 3 aromatic rings. The van der Waals surface area contributed by atoms with E-state index >= 15 is 0 Å². The molecule has 0 radical (unpaired) electrons. The average molecular weight is 502 g/mol. The van der Waals surface area contributed by atoms with E-state index in [9.17, 15) is 14.7 Å². The van der Waals surface area contributed by atoms with Crippen LogP contribution in [0, 0.1) is 0 Å². The zero-order valence-corrected chi connectivity index (χ0v) is 21.4. The van der Waals surface area contributed by atoms with E-state index in [0.717, 1.165) is 30.8 Å². The first-order valence-corrected chi connectivity index (χ1v) is 12.7. The second-order valence-electron chi connectivity index (χ2n) is 9.85. The Hall–Kier alpha value is -3.52. The predicted octanol–water partition coefficient (Wildman–Crippen LogP) is 3.93. The number of nitrogens with zero attached hydrogens (tertiary/aromatic N) is 2. The molecular weight excluding hydrogens is 466 g/mol. The van der Waals surface area contributed by atoms with Crippen molar-refractivity contribution in [2.24, 2.45) is 0 Å². The first kappa shape index (κ1) is 26.5. The van der Waals surface area contributed by atoms with Gasteiger partial charge in [-0.1, -0.05) is 60.7 Å². The topological polar surface area (TPSA) is 93.1 Å². The Morgan fingerprint density at radius 1 is 0.892 bits per heavy atom. The van der Waals surface area contributed by atoms with E-state index in [2.05, 4.69) is 53.2 Å². The molecule has 3 aromatic carbocycles. The molecule has 0 bridgehead atoms. The monoisotopic (exact) mass is 501 g/mol. The number of nitrogens with one attached hydrogen (secondary N) is 1. The molecule has 4 rings (SSSR count). The number of carboxylic acid groups (broad SMARTS) is 1. The number of aliphatic carboxylic acids is 1. The summed E-state index contributed by atoms with van der Waals surface area (Å²) in [7, 11) is 0. The Balaban J connectivity index is 1.60. The summed E-state index contributed by atoms with van der Waals surface area (Å²) in [4.78, 5) is 28.5. The minimum absolute atomic E-state index is 0.0435. The SMILES string of the molecule is C[C@@H]1CN([C@@H](c2cccc(O)c2)c2cccc(C(=O)CNCC(=O)O)c2)[C@@H](C)CN1Cc1ccccc1. The lowest BCUT2D eigenvalue weighted by molar-refractivity contribution is -0.135. The molecule has 1 heterocycles. The van der Waals surface area contributed by atoms with Crippen LogP contribution in [0.5, 0.6) is 5.75 Å². The van der Waals surface area contributed by atoms with Crippen molar-refractivity contribution in [2.45, 2.75) is 38.5 Å². The molecule has 3 atom stereocenters. The van der Waals surface area contributed by atoms with Gasteiger partial charge < -0.3 is 10.2 Å². The first-order valence-electron chi connectivity index (χ1n) is 12.7. The van der Waals surface area contributed by atoms with E-state index in [1.807, 2.05) is 36.4 Å². The third kappa shape index (κ3) is 6.83. The van der Waals surface area contributed by atoms with Gasteiger partial charge in [-0.3, -0.25) is 24.7 Å². The number of aromatic hydroxyl groups is 1. The number of Topliss-reactive ketones (excluding diaryl/α,β-unsaturated/α-hetero) is 1. The minimum atomic E-state index is -1.000. The van der Waals surface area contributed by atoms with Gasteiger partial charge in [0.15, 0.2) is 5.78 Å². The van der Waals surface area contributed by atoms with Crippen LogP contribution >= 0.6 is 0 Å². The zero-order valence-electron chi connectivity index (χ0n) is 21.4. The van der Waals surface area contributed by atoms with Crippen LogP contribution in [0.1, 0.15) is 46.9 Å². The summed E-state index contributed by atoms with van der Waals surface area (Å²) < 4.78 is 0. The van der Waals surface area contributed by atoms with Crippen LogP contribution in [0.15, 0.2) is 78.9 Å². The molecule has 0 aromatic heterocycles. The molecule has 3 N–H and O–H groups in total. The number of carboxylic acids is 1. The standard InChI is InChI=1S/C30H35N3O4/c1-21-19-33(22(2)18-32(21)20-23-8-4-3-5-9-23)30(26-12-7-13-27(34)15-26)25-11-6-10-24(14-25)28(35)16-31-17-29(36)37/h3-15,21-22,30-31,34H,16-20H2,1-2H3,(H,36,37)/t21-,22+,30-/m1/s1. The highest BCUT2D eigenvalue weighted by atomic mass is 16.4. The van der Waals surface area contributed by atoms with Crippen molar-refractivity contribution in [2.75, 3.05) is 26.2 Å². The van der Waals surface area contributed by atoms with Gasteiger partial charge in [-0.2, -0.15) is 0 Å². The van der Waals surface area contributed by atoms with Crippen molar-refractivity contribution in [1.82, 2.24) is 15.1 Å². The summed E-state index contributed by atoms with van der Waals surface area (Å²) in [6.45, 7) is 6.78. The molecule has 0 saturated carbocycles. The maximum atomic E-state index is 12.8. The van der Waals surface area contributed by atoms with Crippen LogP contribution < -0.4 is 5.32 Å². The van der Waals surface area contributed by atoms with Crippen LogP contribution in [0.25, 0.3) is 0 Å². The lowest BCUT2D eigenvalue weighted by Crippen LogP contribution is -2.56. The van der Waals surface area contributed by atoms with E-state index in [-0.39, 0.29) is 36.7 Å². The number of ketones is 1. The summed E-state index contributed by atoms with van der Waals surface area (Å²) >= 11 is 0. The predicted molar refractivity (Wildman–Crippen MR) is 144 cm³/mol. The summed E-state index contributed by atoms with van der Waals surface area (Å²) in [6, 6.07) is 25.8. The van der Waals surface area contributed by atoms with Crippen LogP contribution in [-0.4, -0.2) is 70.0 Å². The minimum Gasteiger partial charge on any atom is -0.508 e. The van der Waals surface area contributed by atoms with Gasteiger partial charge in [-0.25, -0.2) is 0 Å². The molecule has 37 heavy (non-hydrogen) atoms. The summed E-state index contributed by atoms with van der Waals surface area (Å²) in [5.41, 5.74) is 3.75. The number of rotatable bonds is 10. The fourth-order valence-corrected chi connectivity index (χ4v) is 5.16. The van der Waals surface area contributed by atoms with Crippen molar-refractivity contribution < 1.29 is 19.8 Å². The lowest BCUT2D eigenvalue weighted by Gasteiger charge is -2.47. The van der Waals surface area contributed by atoms with Crippen LogP contribution in [-0.2, 0) is 11.3 Å². The third-order valence-electron chi connectivity index (χ3n) is 7.00. The van der Waals surface area contributed by atoms with Gasteiger partial charge in [0.25, 0.3) is 0 Å². The Morgan fingerprint density at radius 3 is 2.30 bits per heavy atom. The molecule has 0 amide bonds. The second-order valence-corrected chi connectivity index (χ2v) is 9.85. The van der Waals surface area contributed by atoms with E-state index in [1.165, 1.54) is 5.56 Å². The number of hydrogen-bond acceptors (Lipinski definition) is 6. The molecule has 194 valence electrons. The molecule has 0 aliphatic carbocycles. The van der Waals surface area contributed by atoms with Crippen molar-refractivity contribution in [3.8, 4) is 5.75 Å². The fourth-order valence-electron chi connectivity index (χ4n) is 5.16. The number of piperazine rings is 1. The highest BCUT2D eigenvalue weighted by molar-refractivity contribution is 5.98. The molecule has 7 nitrogen and oxygen atoms in total. The van der Waals surface area contributed by atoms with E-state index in [0.29, 0.717) is 11.6 Å². The smallest absolute Gasteiger partial charge is 0.317 e. The van der Waals surface area contributed by atoms with E-state index in [1.54, 1.807) is 18.2 Å². The van der Waals surface area contributed by atoms with Crippen LogP contribution in [0.4, 0.5) is 0 Å². The largest absolute Gasteiger partial charge is 0.508 e. The Kier molecular flexibility index (Phi) is 8.71. The van der Waals surface area contributed by atoms with Crippen molar-refractivity contribution in [3.05, 3.63) is 101 Å². The quantitative estimate of drug-likeness (QED) is 0.363. The summed E-state index contributed by atoms with van der Waals surface area (Å²) in [5, 5.41) is 21.8. The fraction of sp³-hybridized carbons (Fsp3) is 0.333. The van der Waals surface area contributed by atoms with Crippen LogP contribution in [0.2, 0.25) is 0 Å². The van der Waals surface area contributed by atoms with E-state index in [4.69, 9.17) is 5.11 Å². The van der Waals surface area contributed by atoms with E-state index < -0.39 is 5.97 Å². The second kappa shape index (κ2) is 12.1. The number of carbonyl (C=O) groups excluding carboxylic acids is 1. The van der Waals surface area contributed by atoms with Crippen molar-refractivity contribution in [3.63, 3.8) is 0 Å². The highest BCUT2D eigenvalue weighted by Crippen LogP contribution is 2.35. The summed E-state index contributed by atoms with van der Waals surface area (Å²) in [6.07, 6.45) is 0. The molecule has 0 unspecified atom stereocenters. The van der Waals surface area contributed by atoms with Gasteiger partial charge in [0.05, 0.1) is 19.1 Å². The molecule has 1 aliphatic heterocycles. The Morgan fingerprint density at radius 2 is 1.59 bits per heavy atom. The third-order valence-corrected chi connectivity index (χ3v) is 7.00. The number of carbonyl (C=O) groups is 2. The average Bonchev–Trinajstić information content (AvgIpc) is 2.87. The molecular formula is C30H35N3O4. The van der Waals surface area contributed by atoms with Gasteiger partial charge >= 0.3 is 5.97 Å². The highest BCUT2D eigenvalue weighted by Gasteiger charge is 2.35. The Bertz CT molecular complexity index is 1220.